The van der Waals surface area contributed by atoms with Crippen LogP contribution in [0.3, 0.4) is 0 Å². The molecule has 0 unspecified atom stereocenters. The summed E-state index contributed by atoms with van der Waals surface area (Å²) < 4.78 is 0.994. The lowest BCUT2D eigenvalue weighted by Gasteiger charge is -2.04. The van der Waals surface area contributed by atoms with Gasteiger partial charge in [-0.1, -0.05) is 58.4 Å². The normalized spacial score (nSPS) is 11.3. The Morgan fingerprint density at radius 3 is 2.64 bits per heavy atom. The Morgan fingerprint density at radius 1 is 1.14 bits per heavy atom. The van der Waals surface area contributed by atoms with Crippen LogP contribution in [0, 0.1) is 0 Å². The summed E-state index contributed by atoms with van der Waals surface area (Å²) in [4.78, 5) is 11.8. The van der Waals surface area contributed by atoms with Crippen LogP contribution >= 0.6 is 15.9 Å². The van der Waals surface area contributed by atoms with Gasteiger partial charge in [0.15, 0.2) is 0 Å². The molecule has 4 heteroatoms. The van der Waals surface area contributed by atoms with Gasteiger partial charge >= 0.3 is 0 Å². The fraction of sp³-hybridized carbons (Fsp3) is 0.222. The summed E-state index contributed by atoms with van der Waals surface area (Å²) in [5.41, 5.74) is 5.65. The van der Waals surface area contributed by atoms with Crippen LogP contribution in [0.4, 0.5) is 0 Å². The van der Waals surface area contributed by atoms with Gasteiger partial charge in [0.25, 0.3) is 0 Å². The molecule has 1 N–H and O–H groups in total. The lowest BCUT2D eigenvalue weighted by molar-refractivity contribution is -0.121. The van der Waals surface area contributed by atoms with Crippen molar-refractivity contribution >= 4 is 27.5 Å². The number of nitrogens with one attached hydrogen (secondary N) is 1. The van der Waals surface area contributed by atoms with E-state index in [0.717, 1.165) is 28.6 Å². The number of hydrazone groups is 1. The zero-order chi connectivity index (χ0) is 15.8. The number of halogens is 1. The predicted octanol–water partition coefficient (Wildman–Crippen LogP) is 4.31. The summed E-state index contributed by atoms with van der Waals surface area (Å²) in [5, 5.41) is 4.16. The van der Waals surface area contributed by atoms with E-state index in [1.807, 2.05) is 49.4 Å². The van der Waals surface area contributed by atoms with Crippen molar-refractivity contribution < 1.29 is 4.79 Å². The van der Waals surface area contributed by atoms with E-state index in [1.165, 1.54) is 5.56 Å². The van der Waals surface area contributed by atoms with E-state index in [-0.39, 0.29) is 5.91 Å². The molecule has 2 aromatic rings. The molecule has 0 bridgehead atoms. The molecular weight excluding hydrogens is 340 g/mol. The summed E-state index contributed by atoms with van der Waals surface area (Å²) in [6.07, 6.45) is 2.20. The van der Waals surface area contributed by atoms with Crippen LogP contribution in [0.5, 0.6) is 0 Å². The van der Waals surface area contributed by atoms with Crippen LogP contribution in [0.2, 0.25) is 0 Å². The molecule has 0 radical (unpaired) electrons. The third kappa shape index (κ3) is 5.45. The van der Waals surface area contributed by atoms with Crippen molar-refractivity contribution in [2.75, 3.05) is 0 Å². The molecule has 0 aliphatic heterocycles. The zero-order valence-electron chi connectivity index (χ0n) is 12.6. The van der Waals surface area contributed by atoms with Gasteiger partial charge in [-0.25, -0.2) is 5.43 Å². The Morgan fingerprint density at radius 2 is 1.91 bits per heavy atom. The van der Waals surface area contributed by atoms with Gasteiger partial charge in [0.05, 0.1) is 5.71 Å². The molecule has 1 amide bonds. The van der Waals surface area contributed by atoms with E-state index in [2.05, 4.69) is 38.6 Å². The number of aryl methyl sites for hydroxylation is 1. The third-order valence-corrected chi connectivity index (χ3v) is 3.80. The summed E-state index contributed by atoms with van der Waals surface area (Å²) in [7, 11) is 0. The molecule has 114 valence electrons. The maximum atomic E-state index is 11.8. The molecule has 0 heterocycles. The molecule has 0 aliphatic rings. The number of hydrogen-bond acceptors (Lipinski definition) is 2. The third-order valence-electron chi connectivity index (χ3n) is 3.30. The van der Waals surface area contributed by atoms with Crippen molar-refractivity contribution in [3.05, 3.63) is 70.2 Å². The topological polar surface area (TPSA) is 41.5 Å². The van der Waals surface area contributed by atoms with Gasteiger partial charge < -0.3 is 0 Å². The van der Waals surface area contributed by atoms with Gasteiger partial charge in [-0.15, -0.1) is 0 Å². The molecule has 0 spiro atoms. The second-order valence-corrected chi connectivity index (χ2v) is 6.00. The first kappa shape index (κ1) is 16.4. The highest BCUT2D eigenvalue weighted by Gasteiger charge is 2.02. The van der Waals surface area contributed by atoms with Crippen molar-refractivity contribution in [1.29, 1.82) is 0 Å². The van der Waals surface area contributed by atoms with Crippen LogP contribution in [-0.2, 0) is 11.2 Å². The molecule has 0 aromatic heterocycles. The van der Waals surface area contributed by atoms with Crippen LogP contribution in [0.15, 0.2) is 64.2 Å². The number of rotatable bonds is 6. The van der Waals surface area contributed by atoms with Crippen molar-refractivity contribution in [3.63, 3.8) is 0 Å². The molecule has 0 atom stereocenters. The van der Waals surface area contributed by atoms with E-state index in [1.54, 1.807) is 0 Å². The molecule has 2 aromatic carbocycles. The zero-order valence-corrected chi connectivity index (χ0v) is 14.1. The predicted molar refractivity (Wildman–Crippen MR) is 93.9 cm³/mol. The Labute approximate surface area is 139 Å². The largest absolute Gasteiger partial charge is 0.273 e. The fourth-order valence-corrected chi connectivity index (χ4v) is 2.48. The minimum Gasteiger partial charge on any atom is -0.273 e. The minimum absolute atomic E-state index is 0.0507. The first-order valence-corrected chi connectivity index (χ1v) is 8.07. The van der Waals surface area contributed by atoms with Gasteiger partial charge in [-0.3, -0.25) is 4.79 Å². The first-order chi connectivity index (χ1) is 10.6. The Bertz CT molecular complexity index is 653. The van der Waals surface area contributed by atoms with E-state index in [9.17, 15) is 4.79 Å². The molecular formula is C18H19BrN2O. The Kier molecular flexibility index (Phi) is 6.34. The molecule has 3 nitrogen and oxygen atoms in total. The van der Waals surface area contributed by atoms with E-state index in [4.69, 9.17) is 0 Å². The molecule has 0 saturated heterocycles. The number of benzene rings is 2. The van der Waals surface area contributed by atoms with Crippen LogP contribution in [0.1, 0.15) is 30.9 Å². The number of carbonyl (C=O) groups excluding carboxylic acids is 1. The fourth-order valence-electron chi connectivity index (χ4n) is 2.08. The summed E-state index contributed by atoms with van der Waals surface area (Å²) in [6.45, 7) is 1.88. The quantitative estimate of drug-likeness (QED) is 0.606. The van der Waals surface area contributed by atoms with E-state index < -0.39 is 0 Å². The minimum atomic E-state index is -0.0507. The molecule has 0 aliphatic carbocycles. The van der Waals surface area contributed by atoms with Crippen molar-refractivity contribution in [2.45, 2.75) is 26.2 Å². The lowest BCUT2D eigenvalue weighted by Crippen LogP contribution is -2.19. The average molecular weight is 359 g/mol. The van der Waals surface area contributed by atoms with Gasteiger partial charge in [0.2, 0.25) is 5.91 Å². The highest BCUT2D eigenvalue weighted by Crippen LogP contribution is 2.12. The van der Waals surface area contributed by atoms with Gasteiger partial charge in [0, 0.05) is 10.9 Å². The van der Waals surface area contributed by atoms with Gasteiger partial charge in [-0.05, 0) is 43.0 Å². The lowest BCUT2D eigenvalue weighted by atomic mass is 10.1. The monoisotopic (exact) mass is 358 g/mol. The van der Waals surface area contributed by atoms with Crippen molar-refractivity contribution in [1.82, 2.24) is 5.43 Å². The van der Waals surface area contributed by atoms with Crippen molar-refractivity contribution in [3.8, 4) is 0 Å². The first-order valence-electron chi connectivity index (χ1n) is 7.28. The maximum Gasteiger partial charge on any atom is 0.240 e. The molecule has 2 rings (SSSR count). The second kappa shape index (κ2) is 8.49. The van der Waals surface area contributed by atoms with Crippen LogP contribution < -0.4 is 5.43 Å². The Hall–Kier alpha value is -1.94. The summed E-state index contributed by atoms with van der Waals surface area (Å²) in [5.74, 6) is -0.0507. The smallest absolute Gasteiger partial charge is 0.240 e. The van der Waals surface area contributed by atoms with E-state index in [0.29, 0.717) is 6.42 Å². The maximum absolute atomic E-state index is 11.8. The van der Waals surface area contributed by atoms with Gasteiger partial charge in [0.1, 0.15) is 0 Å². The van der Waals surface area contributed by atoms with Crippen LogP contribution in [0.25, 0.3) is 0 Å². The molecule has 0 fully saturated rings. The standard InChI is InChI=1S/C18H19BrN2O/c1-14(16-10-6-11-17(19)13-16)20-21-18(22)12-5-9-15-7-3-2-4-8-15/h2-4,6-8,10-11,13H,5,9,12H2,1H3,(H,21,22). The van der Waals surface area contributed by atoms with Crippen molar-refractivity contribution in [2.24, 2.45) is 5.10 Å². The SMILES string of the molecule is CC(=NNC(=O)CCCc1ccccc1)c1cccc(Br)c1. The average Bonchev–Trinajstić information content (AvgIpc) is 2.53. The summed E-state index contributed by atoms with van der Waals surface area (Å²) >= 11 is 3.42. The second-order valence-electron chi connectivity index (χ2n) is 5.08. The number of hydrogen-bond donors (Lipinski definition) is 1. The van der Waals surface area contributed by atoms with Crippen LogP contribution in [-0.4, -0.2) is 11.6 Å². The highest BCUT2D eigenvalue weighted by molar-refractivity contribution is 9.10. The number of amides is 1. The number of carbonyl (C=O) groups is 1. The molecule has 0 saturated carbocycles. The highest BCUT2D eigenvalue weighted by atomic mass is 79.9. The Balaban J connectivity index is 1.78. The molecule has 22 heavy (non-hydrogen) atoms. The number of nitrogens with zero attached hydrogens (tertiary/aromatic N) is 1. The van der Waals surface area contributed by atoms with Gasteiger partial charge in [-0.2, -0.15) is 5.10 Å². The van der Waals surface area contributed by atoms with E-state index >= 15 is 0 Å². The summed E-state index contributed by atoms with van der Waals surface area (Å²) in [6, 6.07) is 18.0.